The molecule has 1 aliphatic heterocycles. The summed E-state index contributed by atoms with van der Waals surface area (Å²) in [5, 5.41) is 10.6. The lowest BCUT2D eigenvalue weighted by atomic mass is 10.1. The van der Waals surface area contributed by atoms with E-state index in [1.165, 1.54) is 0 Å². The summed E-state index contributed by atoms with van der Waals surface area (Å²) in [4.78, 5) is 21.5. The molecule has 0 radical (unpaired) electrons. The van der Waals surface area contributed by atoms with Crippen molar-refractivity contribution in [3.63, 3.8) is 0 Å². The van der Waals surface area contributed by atoms with E-state index in [-0.39, 0.29) is 18.6 Å². The Balaban J connectivity index is 1.60. The molecule has 0 bridgehead atoms. The first-order valence-electron chi connectivity index (χ1n) is 7.40. The Morgan fingerprint density at radius 1 is 1.50 bits per heavy atom. The Hall–Kier alpha value is -1.92. The van der Waals surface area contributed by atoms with Gasteiger partial charge < -0.3 is 19.7 Å². The predicted molar refractivity (Wildman–Crippen MR) is 82.8 cm³/mol. The van der Waals surface area contributed by atoms with Crippen LogP contribution >= 0.6 is 0 Å². The van der Waals surface area contributed by atoms with Gasteiger partial charge in [-0.15, -0.1) is 0 Å². The van der Waals surface area contributed by atoms with Crippen LogP contribution in [-0.4, -0.2) is 57.3 Å². The first-order valence-corrected chi connectivity index (χ1v) is 7.40. The van der Waals surface area contributed by atoms with Crippen LogP contribution in [0.1, 0.15) is 30.0 Å². The number of aromatic nitrogens is 2. The number of nitrogens with zero attached hydrogens (tertiary/aromatic N) is 2. The summed E-state index contributed by atoms with van der Waals surface area (Å²) in [7, 11) is 0. The first-order chi connectivity index (χ1) is 10.3. The van der Waals surface area contributed by atoms with Gasteiger partial charge in [-0.05, 0) is 32.9 Å². The molecule has 0 unspecified atom stereocenters. The van der Waals surface area contributed by atoms with Crippen molar-refractivity contribution >= 4 is 16.8 Å². The molecule has 0 aromatic carbocycles. The molecule has 3 heterocycles. The number of ether oxygens (including phenoxy) is 1. The van der Waals surface area contributed by atoms with Crippen molar-refractivity contribution in [1.82, 2.24) is 14.9 Å². The lowest BCUT2D eigenvalue weighted by Crippen LogP contribution is -2.55. The molecule has 0 aliphatic carbocycles. The third-order valence-corrected chi connectivity index (χ3v) is 3.68. The van der Waals surface area contributed by atoms with Crippen molar-refractivity contribution in [2.75, 3.05) is 19.7 Å². The molecule has 118 valence electrons. The summed E-state index contributed by atoms with van der Waals surface area (Å²) in [6, 6.07) is 3.76. The van der Waals surface area contributed by atoms with Gasteiger partial charge in [0.15, 0.2) is 0 Å². The van der Waals surface area contributed by atoms with Gasteiger partial charge in [-0.1, -0.05) is 0 Å². The Morgan fingerprint density at radius 3 is 2.91 bits per heavy atom. The number of nitrogens with one attached hydrogen (secondary N) is 1. The number of hydrogen-bond donors (Lipinski definition) is 2. The zero-order chi connectivity index (χ0) is 15.9. The number of likely N-dealkylation sites (tertiary alicyclic amines) is 1. The highest BCUT2D eigenvalue weighted by Crippen LogP contribution is 2.20. The number of aryl methyl sites for hydroxylation is 1. The van der Waals surface area contributed by atoms with Crippen LogP contribution in [0.4, 0.5) is 0 Å². The van der Waals surface area contributed by atoms with Gasteiger partial charge in [-0.2, -0.15) is 0 Å². The second-order valence-electron chi connectivity index (χ2n) is 6.55. The van der Waals surface area contributed by atoms with Gasteiger partial charge >= 0.3 is 0 Å². The van der Waals surface area contributed by atoms with E-state index in [9.17, 15) is 9.90 Å². The minimum absolute atomic E-state index is 0.00339. The van der Waals surface area contributed by atoms with Gasteiger partial charge in [-0.3, -0.25) is 9.78 Å². The van der Waals surface area contributed by atoms with E-state index in [1.54, 1.807) is 24.9 Å². The number of aromatic amines is 1. The lowest BCUT2D eigenvalue weighted by Gasteiger charge is -2.39. The summed E-state index contributed by atoms with van der Waals surface area (Å²) < 4.78 is 5.57. The van der Waals surface area contributed by atoms with Crippen LogP contribution in [-0.2, 0) is 4.74 Å². The average Bonchev–Trinajstić information content (AvgIpc) is 2.78. The molecule has 0 saturated carbocycles. The molecule has 0 atom stereocenters. The maximum atomic E-state index is 12.4. The van der Waals surface area contributed by atoms with E-state index < -0.39 is 5.60 Å². The average molecular weight is 303 g/mol. The Kier molecular flexibility index (Phi) is 3.66. The van der Waals surface area contributed by atoms with Crippen molar-refractivity contribution in [3.8, 4) is 0 Å². The van der Waals surface area contributed by atoms with Crippen molar-refractivity contribution in [2.24, 2.45) is 0 Å². The van der Waals surface area contributed by atoms with Crippen molar-refractivity contribution < 1.29 is 14.6 Å². The molecule has 0 spiro atoms. The Morgan fingerprint density at radius 2 is 2.23 bits per heavy atom. The summed E-state index contributed by atoms with van der Waals surface area (Å²) >= 11 is 0. The Labute approximate surface area is 129 Å². The molecule has 1 aliphatic rings. The SMILES string of the molecule is Cc1cc2[nH]c(C(=O)N3CC(OCC(C)(C)O)C3)cc2cn1. The van der Waals surface area contributed by atoms with Crippen LogP contribution in [0.15, 0.2) is 18.3 Å². The third kappa shape index (κ3) is 3.13. The highest BCUT2D eigenvalue weighted by atomic mass is 16.5. The van der Waals surface area contributed by atoms with E-state index in [0.29, 0.717) is 18.8 Å². The number of carbonyl (C=O) groups excluding carboxylic acids is 1. The standard InChI is InChI=1S/C16H21N3O3/c1-10-4-13-11(6-17-10)5-14(18-13)15(20)19-7-12(8-19)22-9-16(2,3)21/h4-6,12,18,21H,7-9H2,1-3H3. The topological polar surface area (TPSA) is 78.5 Å². The third-order valence-electron chi connectivity index (χ3n) is 3.68. The number of carbonyl (C=O) groups is 1. The highest BCUT2D eigenvalue weighted by molar-refractivity contribution is 5.98. The number of amides is 1. The minimum Gasteiger partial charge on any atom is -0.388 e. The summed E-state index contributed by atoms with van der Waals surface area (Å²) in [6.45, 7) is 6.71. The normalized spacial score (nSPS) is 16.1. The van der Waals surface area contributed by atoms with Crippen LogP contribution in [0.2, 0.25) is 0 Å². The van der Waals surface area contributed by atoms with Crippen molar-refractivity contribution in [3.05, 3.63) is 29.7 Å². The summed E-state index contributed by atoms with van der Waals surface area (Å²) in [5.41, 5.74) is 1.57. The van der Waals surface area contributed by atoms with Crippen LogP contribution in [0.5, 0.6) is 0 Å². The number of fused-ring (bicyclic) bond motifs is 1. The lowest BCUT2D eigenvalue weighted by molar-refractivity contribution is -0.0943. The predicted octanol–water partition coefficient (Wildman–Crippen LogP) is 1.48. The van der Waals surface area contributed by atoms with Crippen molar-refractivity contribution in [1.29, 1.82) is 0 Å². The fraction of sp³-hybridized carbons (Fsp3) is 0.500. The van der Waals surface area contributed by atoms with Gasteiger partial charge in [-0.25, -0.2) is 0 Å². The molecule has 1 fully saturated rings. The minimum atomic E-state index is -0.841. The van der Waals surface area contributed by atoms with Gasteiger partial charge in [0.25, 0.3) is 5.91 Å². The van der Waals surface area contributed by atoms with Crippen molar-refractivity contribution in [2.45, 2.75) is 32.5 Å². The van der Waals surface area contributed by atoms with E-state index in [1.807, 2.05) is 19.1 Å². The molecular formula is C16H21N3O3. The fourth-order valence-corrected chi connectivity index (χ4v) is 2.45. The molecule has 6 heteroatoms. The molecule has 2 aromatic heterocycles. The van der Waals surface area contributed by atoms with Gasteiger partial charge in [0.2, 0.25) is 0 Å². The summed E-state index contributed by atoms with van der Waals surface area (Å²) in [5.74, 6) is -0.0306. The molecular weight excluding hydrogens is 282 g/mol. The zero-order valence-corrected chi connectivity index (χ0v) is 13.1. The quantitative estimate of drug-likeness (QED) is 0.897. The second-order valence-corrected chi connectivity index (χ2v) is 6.55. The molecule has 22 heavy (non-hydrogen) atoms. The zero-order valence-electron chi connectivity index (χ0n) is 13.1. The molecule has 1 saturated heterocycles. The van der Waals surface area contributed by atoms with Crippen LogP contribution < -0.4 is 0 Å². The van der Waals surface area contributed by atoms with Gasteiger partial charge in [0.1, 0.15) is 5.69 Å². The number of aliphatic hydroxyl groups is 1. The van der Waals surface area contributed by atoms with E-state index in [4.69, 9.17) is 4.74 Å². The molecule has 2 N–H and O–H groups in total. The maximum Gasteiger partial charge on any atom is 0.270 e. The monoisotopic (exact) mass is 303 g/mol. The largest absolute Gasteiger partial charge is 0.388 e. The Bertz CT molecular complexity index is 696. The van der Waals surface area contributed by atoms with Crippen LogP contribution in [0.3, 0.4) is 0 Å². The molecule has 1 amide bonds. The van der Waals surface area contributed by atoms with Crippen LogP contribution in [0, 0.1) is 6.92 Å². The number of hydrogen-bond acceptors (Lipinski definition) is 4. The van der Waals surface area contributed by atoms with Gasteiger partial charge in [0, 0.05) is 35.9 Å². The maximum absolute atomic E-state index is 12.4. The first kappa shape index (κ1) is 15.0. The molecule has 2 aromatic rings. The second kappa shape index (κ2) is 5.37. The van der Waals surface area contributed by atoms with Gasteiger partial charge in [0.05, 0.1) is 18.3 Å². The van der Waals surface area contributed by atoms with Crippen LogP contribution in [0.25, 0.3) is 10.9 Å². The van der Waals surface area contributed by atoms with E-state index in [2.05, 4.69) is 9.97 Å². The fourth-order valence-electron chi connectivity index (χ4n) is 2.45. The number of rotatable bonds is 4. The van der Waals surface area contributed by atoms with E-state index in [0.717, 1.165) is 16.6 Å². The smallest absolute Gasteiger partial charge is 0.270 e. The van der Waals surface area contributed by atoms with E-state index >= 15 is 0 Å². The summed E-state index contributed by atoms with van der Waals surface area (Å²) in [6.07, 6.45) is 1.77. The number of pyridine rings is 1. The molecule has 6 nitrogen and oxygen atoms in total. The highest BCUT2D eigenvalue weighted by Gasteiger charge is 2.33. The number of H-pyrrole nitrogens is 1. The molecule has 3 rings (SSSR count).